The van der Waals surface area contributed by atoms with E-state index in [2.05, 4.69) is 25.7 Å². The maximum Gasteiger partial charge on any atom is 0.0593 e. The predicted molar refractivity (Wildman–Crippen MR) is 92.9 cm³/mol. The maximum atomic E-state index is 5.66. The normalized spacial score (nSPS) is 20.1. The van der Waals surface area contributed by atoms with Crippen molar-refractivity contribution in [2.24, 2.45) is 0 Å². The van der Waals surface area contributed by atoms with Gasteiger partial charge in [0.15, 0.2) is 0 Å². The molecule has 126 valence electrons. The fourth-order valence-electron chi connectivity index (χ4n) is 3.59. The predicted octanol–water partition coefficient (Wildman–Crippen LogP) is 5.41. The summed E-state index contributed by atoms with van der Waals surface area (Å²) in [5.74, 6) is 0. The van der Waals surface area contributed by atoms with Gasteiger partial charge in [-0.3, -0.25) is 4.90 Å². The number of hydrogen-bond acceptors (Lipinski definition) is 2. The van der Waals surface area contributed by atoms with Crippen LogP contribution in [0, 0.1) is 0 Å². The lowest BCUT2D eigenvalue weighted by Gasteiger charge is -2.41. The molecule has 0 spiro atoms. The lowest BCUT2D eigenvalue weighted by molar-refractivity contribution is 0.0714. The van der Waals surface area contributed by atoms with E-state index in [1.165, 1.54) is 77.2 Å². The molecule has 2 nitrogen and oxygen atoms in total. The van der Waals surface area contributed by atoms with Crippen LogP contribution in [0.1, 0.15) is 91.4 Å². The van der Waals surface area contributed by atoms with Gasteiger partial charge in [0.2, 0.25) is 0 Å². The molecule has 0 radical (unpaired) electrons. The molecule has 21 heavy (non-hydrogen) atoms. The Bertz CT molecular complexity index is 236. The molecule has 1 unspecified atom stereocenters. The molecule has 1 aliphatic rings. The van der Waals surface area contributed by atoms with Crippen LogP contribution < -0.4 is 0 Å². The molecule has 0 amide bonds. The van der Waals surface area contributed by atoms with E-state index in [-0.39, 0.29) is 0 Å². The van der Waals surface area contributed by atoms with E-state index >= 15 is 0 Å². The van der Waals surface area contributed by atoms with Gasteiger partial charge in [0.25, 0.3) is 0 Å². The largest absolute Gasteiger partial charge is 0.380 e. The third-order valence-electron chi connectivity index (χ3n) is 5.12. The van der Waals surface area contributed by atoms with Gasteiger partial charge in [-0.1, -0.05) is 65.2 Å². The Hall–Kier alpha value is -0.0800. The van der Waals surface area contributed by atoms with Crippen molar-refractivity contribution in [2.45, 2.75) is 96.9 Å². The quantitative estimate of drug-likeness (QED) is 0.473. The topological polar surface area (TPSA) is 12.5 Å². The van der Waals surface area contributed by atoms with Crippen LogP contribution in [-0.2, 0) is 4.74 Å². The molecule has 1 heterocycles. The smallest absolute Gasteiger partial charge is 0.0593 e. The van der Waals surface area contributed by atoms with Crippen LogP contribution in [0.15, 0.2) is 0 Å². The fourth-order valence-corrected chi connectivity index (χ4v) is 3.59. The van der Waals surface area contributed by atoms with Gasteiger partial charge in [-0.05, 0) is 26.2 Å². The van der Waals surface area contributed by atoms with Crippen LogP contribution in [0.5, 0.6) is 0 Å². The highest BCUT2D eigenvalue weighted by molar-refractivity contribution is 4.87. The van der Waals surface area contributed by atoms with Crippen molar-refractivity contribution in [3.8, 4) is 0 Å². The minimum absolute atomic E-state index is 0.412. The Balaban J connectivity index is 2.46. The van der Waals surface area contributed by atoms with Crippen LogP contribution in [0.4, 0.5) is 0 Å². The van der Waals surface area contributed by atoms with Crippen LogP contribution in [-0.4, -0.2) is 36.7 Å². The monoisotopic (exact) mass is 297 g/mol. The molecular weight excluding hydrogens is 258 g/mol. The molecule has 1 saturated heterocycles. The molecule has 0 aromatic heterocycles. The molecule has 0 bridgehead atoms. The Morgan fingerprint density at radius 2 is 1.43 bits per heavy atom. The SMILES string of the molecule is CCCCCCCC(C)(CCCCC)N1CCCOCC1. The van der Waals surface area contributed by atoms with Crippen LogP contribution in [0.3, 0.4) is 0 Å². The van der Waals surface area contributed by atoms with E-state index in [1.54, 1.807) is 0 Å². The van der Waals surface area contributed by atoms with E-state index in [1.807, 2.05) is 0 Å². The number of unbranched alkanes of at least 4 members (excludes halogenated alkanes) is 6. The van der Waals surface area contributed by atoms with Gasteiger partial charge >= 0.3 is 0 Å². The first kappa shape index (κ1) is 19.0. The maximum absolute atomic E-state index is 5.66. The highest BCUT2D eigenvalue weighted by Gasteiger charge is 2.31. The third kappa shape index (κ3) is 7.65. The van der Waals surface area contributed by atoms with Crippen molar-refractivity contribution in [3.63, 3.8) is 0 Å². The lowest BCUT2D eigenvalue weighted by Crippen LogP contribution is -2.47. The van der Waals surface area contributed by atoms with Crippen LogP contribution in [0.2, 0.25) is 0 Å². The highest BCUT2D eigenvalue weighted by atomic mass is 16.5. The first-order chi connectivity index (χ1) is 10.2. The molecule has 0 N–H and O–H groups in total. The summed E-state index contributed by atoms with van der Waals surface area (Å²) >= 11 is 0. The molecule has 1 aliphatic heterocycles. The van der Waals surface area contributed by atoms with Gasteiger partial charge in [0.1, 0.15) is 0 Å². The van der Waals surface area contributed by atoms with Crippen molar-refractivity contribution < 1.29 is 4.74 Å². The number of rotatable bonds is 11. The zero-order chi connectivity index (χ0) is 15.4. The van der Waals surface area contributed by atoms with E-state index in [0.29, 0.717) is 5.54 Å². The van der Waals surface area contributed by atoms with E-state index in [9.17, 15) is 0 Å². The summed E-state index contributed by atoms with van der Waals surface area (Å²) in [4.78, 5) is 2.75. The summed E-state index contributed by atoms with van der Waals surface area (Å²) < 4.78 is 5.66. The lowest BCUT2D eigenvalue weighted by atomic mass is 9.86. The molecule has 1 rings (SSSR count). The van der Waals surface area contributed by atoms with Crippen LogP contribution >= 0.6 is 0 Å². The van der Waals surface area contributed by atoms with Gasteiger partial charge < -0.3 is 4.74 Å². The van der Waals surface area contributed by atoms with E-state index < -0.39 is 0 Å². The average molecular weight is 298 g/mol. The molecule has 0 aliphatic carbocycles. The zero-order valence-corrected chi connectivity index (χ0v) is 15.0. The van der Waals surface area contributed by atoms with Gasteiger partial charge in [-0.25, -0.2) is 0 Å². The first-order valence-corrected chi connectivity index (χ1v) is 9.55. The highest BCUT2D eigenvalue weighted by Crippen LogP contribution is 2.30. The second kappa shape index (κ2) is 11.5. The van der Waals surface area contributed by atoms with Crippen molar-refractivity contribution >= 4 is 0 Å². The summed E-state index contributed by atoms with van der Waals surface area (Å²) in [6.07, 6.45) is 15.0. The van der Waals surface area contributed by atoms with Gasteiger partial charge in [0.05, 0.1) is 6.61 Å². The zero-order valence-electron chi connectivity index (χ0n) is 15.0. The minimum atomic E-state index is 0.412. The second-order valence-electron chi connectivity index (χ2n) is 7.07. The number of ether oxygens (including phenoxy) is 1. The van der Waals surface area contributed by atoms with Gasteiger partial charge in [-0.2, -0.15) is 0 Å². The van der Waals surface area contributed by atoms with E-state index in [0.717, 1.165) is 19.8 Å². The number of hydrogen-bond donors (Lipinski definition) is 0. The Morgan fingerprint density at radius 1 is 0.810 bits per heavy atom. The van der Waals surface area contributed by atoms with Crippen LogP contribution in [0.25, 0.3) is 0 Å². The van der Waals surface area contributed by atoms with Gasteiger partial charge in [-0.15, -0.1) is 0 Å². The summed E-state index contributed by atoms with van der Waals surface area (Å²) in [6.45, 7) is 11.4. The number of nitrogens with zero attached hydrogens (tertiary/aromatic N) is 1. The molecular formula is C19H39NO. The Morgan fingerprint density at radius 3 is 2.14 bits per heavy atom. The summed E-state index contributed by atoms with van der Waals surface area (Å²) in [5, 5.41) is 0. The van der Waals surface area contributed by atoms with Crippen molar-refractivity contribution in [2.75, 3.05) is 26.3 Å². The second-order valence-corrected chi connectivity index (χ2v) is 7.07. The third-order valence-corrected chi connectivity index (χ3v) is 5.12. The molecule has 1 fully saturated rings. The molecule has 0 aromatic carbocycles. The molecule has 0 saturated carbocycles. The summed E-state index contributed by atoms with van der Waals surface area (Å²) in [5.41, 5.74) is 0.412. The Kier molecular flexibility index (Phi) is 10.4. The fraction of sp³-hybridized carbons (Fsp3) is 1.00. The molecule has 0 aromatic rings. The molecule has 2 heteroatoms. The minimum Gasteiger partial charge on any atom is -0.380 e. The summed E-state index contributed by atoms with van der Waals surface area (Å²) in [6, 6.07) is 0. The first-order valence-electron chi connectivity index (χ1n) is 9.55. The van der Waals surface area contributed by atoms with Crippen molar-refractivity contribution in [1.29, 1.82) is 0 Å². The van der Waals surface area contributed by atoms with E-state index in [4.69, 9.17) is 4.74 Å². The van der Waals surface area contributed by atoms with Gasteiger partial charge in [0, 0.05) is 25.2 Å². The van der Waals surface area contributed by atoms with Crippen molar-refractivity contribution in [1.82, 2.24) is 4.90 Å². The standard InChI is InChI=1S/C19H39NO/c1-4-6-8-9-11-14-19(3,13-10-7-5-2)20-15-12-17-21-18-16-20/h4-18H2,1-3H3. The molecule has 1 atom stereocenters. The average Bonchev–Trinajstić information content (AvgIpc) is 2.77. The van der Waals surface area contributed by atoms with Crippen molar-refractivity contribution in [3.05, 3.63) is 0 Å². The summed E-state index contributed by atoms with van der Waals surface area (Å²) in [7, 11) is 0. The Labute approximate surface area is 133 Å².